The number of rotatable bonds is 4. The van der Waals surface area contributed by atoms with Crippen LogP contribution in [0.4, 0.5) is 0 Å². The molecule has 0 spiro atoms. The zero-order chi connectivity index (χ0) is 15.1. The van der Waals surface area contributed by atoms with Crippen molar-refractivity contribution in [1.29, 1.82) is 0 Å². The second-order valence-corrected chi connectivity index (χ2v) is 5.33. The molecule has 114 valence electrons. The summed E-state index contributed by atoms with van der Waals surface area (Å²) in [6.07, 6.45) is 2.16. The Hall–Kier alpha value is -1.54. The van der Waals surface area contributed by atoms with Crippen molar-refractivity contribution in [2.75, 3.05) is 26.8 Å². The third-order valence-electron chi connectivity index (χ3n) is 3.65. The summed E-state index contributed by atoms with van der Waals surface area (Å²) >= 11 is 0. The first kappa shape index (κ1) is 15.8. The number of piperidine rings is 1. The van der Waals surface area contributed by atoms with Gasteiger partial charge in [0.15, 0.2) is 0 Å². The summed E-state index contributed by atoms with van der Waals surface area (Å²) in [6.45, 7) is 2.55. The zero-order valence-electron chi connectivity index (χ0n) is 12.5. The summed E-state index contributed by atoms with van der Waals surface area (Å²) in [7, 11) is 1.65. The third-order valence-corrected chi connectivity index (χ3v) is 3.65. The minimum Gasteiger partial charge on any atom is -0.497 e. The van der Waals surface area contributed by atoms with E-state index in [2.05, 4.69) is 16.7 Å². The lowest BCUT2D eigenvalue weighted by atomic mass is 10.0. The van der Waals surface area contributed by atoms with Gasteiger partial charge in [0, 0.05) is 25.1 Å². The molecule has 2 rings (SSSR count). The van der Waals surface area contributed by atoms with Crippen molar-refractivity contribution in [2.45, 2.75) is 31.9 Å². The minimum absolute atomic E-state index is 0.0802. The molecule has 0 aromatic heterocycles. The molecule has 4 heteroatoms. The van der Waals surface area contributed by atoms with Crippen LogP contribution in [0.3, 0.4) is 0 Å². The SMILES string of the molecule is COc1ccc(C#CCCO)c(CN2CCCC(O)C2)c1. The molecule has 1 aliphatic heterocycles. The van der Waals surface area contributed by atoms with Gasteiger partial charge in [0.25, 0.3) is 0 Å². The van der Waals surface area contributed by atoms with Gasteiger partial charge in [0.1, 0.15) is 5.75 Å². The first-order valence-corrected chi connectivity index (χ1v) is 7.40. The highest BCUT2D eigenvalue weighted by atomic mass is 16.5. The number of nitrogens with zero attached hydrogens (tertiary/aromatic N) is 1. The Morgan fingerprint density at radius 1 is 1.43 bits per heavy atom. The van der Waals surface area contributed by atoms with Gasteiger partial charge in [-0.25, -0.2) is 0 Å². The summed E-state index contributed by atoms with van der Waals surface area (Å²) in [5, 5.41) is 18.6. The van der Waals surface area contributed by atoms with Crippen molar-refractivity contribution in [3.63, 3.8) is 0 Å². The van der Waals surface area contributed by atoms with Crippen molar-refractivity contribution < 1.29 is 14.9 Å². The van der Waals surface area contributed by atoms with Gasteiger partial charge in [-0.2, -0.15) is 0 Å². The lowest BCUT2D eigenvalue weighted by molar-refractivity contribution is 0.0668. The molecule has 1 aliphatic rings. The number of aliphatic hydroxyl groups is 2. The van der Waals surface area contributed by atoms with Crippen molar-refractivity contribution in [3.8, 4) is 17.6 Å². The van der Waals surface area contributed by atoms with E-state index in [-0.39, 0.29) is 12.7 Å². The van der Waals surface area contributed by atoms with Crippen molar-refractivity contribution in [3.05, 3.63) is 29.3 Å². The maximum Gasteiger partial charge on any atom is 0.119 e. The second-order valence-electron chi connectivity index (χ2n) is 5.33. The lowest BCUT2D eigenvalue weighted by Crippen LogP contribution is -2.37. The van der Waals surface area contributed by atoms with Gasteiger partial charge in [-0.05, 0) is 43.1 Å². The third kappa shape index (κ3) is 4.75. The number of benzene rings is 1. The van der Waals surface area contributed by atoms with Gasteiger partial charge in [0.05, 0.1) is 19.8 Å². The Balaban J connectivity index is 2.16. The van der Waals surface area contributed by atoms with E-state index in [1.54, 1.807) is 7.11 Å². The number of methoxy groups -OCH3 is 1. The van der Waals surface area contributed by atoms with Crippen LogP contribution in [-0.2, 0) is 6.54 Å². The van der Waals surface area contributed by atoms with Gasteiger partial charge >= 0.3 is 0 Å². The average molecular weight is 289 g/mol. The molecular weight excluding hydrogens is 266 g/mol. The Morgan fingerprint density at radius 3 is 3.00 bits per heavy atom. The van der Waals surface area contributed by atoms with Crippen LogP contribution in [0.5, 0.6) is 5.75 Å². The van der Waals surface area contributed by atoms with Crippen LogP contribution in [0.1, 0.15) is 30.4 Å². The fraction of sp³-hybridized carbons (Fsp3) is 0.529. The van der Waals surface area contributed by atoms with Crippen LogP contribution < -0.4 is 4.74 Å². The van der Waals surface area contributed by atoms with E-state index in [0.29, 0.717) is 13.0 Å². The van der Waals surface area contributed by atoms with Gasteiger partial charge < -0.3 is 14.9 Å². The quantitative estimate of drug-likeness (QED) is 0.822. The maximum atomic E-state index is 9.78. The van der Waals surface area contributed by atoms with Gasteiger partial charge in [-0.1, -0.05) is 11.8 Å². The van der Waals surface area contributed by atoms with Crippen LogP contribution in [-0.4, -0.2) is 48.0 Å². The number of likely N-dealkylation sites (tertiary alicyclic amines) is 1. The number of ether oxygens (including phenoxy) is 1. The molecule has 1 saturated heterocycles. The van der Waals surface area contributed by atoms with Crippen molar-refractivity contribution in [1.82, 2.24) is 4.90 Å². The fourth-order valence-electron chi connectivity index (χ4n) is 2.58. The molecule has 1 atom stereocenters. The summed E-state index contributed by atoms with van der Waals surface area (Å²) in [4.78, 5) is 2.25. The second kappa shape index (κ2) is 8.04. The van der Waals surface area contributed by atoms with Crippen LogP contribution in [0, 0.1) is 11.8 Å². The highest BCUT2D eigenvalue weighted by molar-refractivity contribution is 5.45. The van der Waals surface area contributed by atoms with E-state index in [4.69, 9.17) is 9.84 Å². The first-order chi connectivity index (χ1) is 10.2. The molecule has 0 saturated carbocycles. The van der Waals surface area contributed by atoms with E-state index in [1.807, 2.05) is 18.2 Å². The van der Waals surface area contributed by atoms with E-state index in [1.165, 1.54) is 0 Å². The number of hydrogen-bond acceptors (Lipinski definition) is 4. The smallest absolute Gasteiger partial charge is 0.119 e. The molecule has 0 amide bonds. The normalized spacial score (nSPS) is 18.9. The Bertz CT molecular complexity index is 519. The molecule has 0 bridgehead atoms. The summed E-state index contributed by atoms with van der Waals surface area (Å²) in [5.41, 5.74) is 2.07. The predicted molar refractivity (Wildman–Crippen MR) is 82.1 cm³/mol. The molecule has 1 heterocycles. The largest absolute Gasteiger partial charge is 0.497 e. The molecule has 1 aromatic carbocycles. The zero-order valence-corrected chi connectivity index (χ0v) is 12.5. The molecule has 0 radical (unpaired) electrons. The molecule has 1 unspecified atom stereocenters. The molecule has 1 fully saturated rings. The van der Waals surface area contributed by atoms with Gasteiger partial charge in [0.2, 0.25) is 0 Å². The average Bonchev–Trinajstić information content (AvgIpc) is 2.49. The van der Waals surface area contributed by atoms with E-state index in [0.717, 1.165) is 42.8 Å². The molecule has 21 heavy (non-hydrogen) atoms. The minimum atomic E-state index is -0.228. The van der Waals surface area contributed by atoms with E-state index in [9.17, 15) is 5.11 Å². The summed E-state index contributed by atoms with van der Waals surface area (Å²) in [6, 6.07) is 5.86. The van der Waals surface area contributed by atoms with Crippen LogP contribution in [0.2, 0.25) is 0 Å². The fourth-order valence-corrected chi connectivity index (χ4v) is 2.58. The Morgan fingerprint density at radius 2 is 2.29 bits per heavy atom. The van der Waals surface area contributed by atoms with Crippen LogP contribution in [0.15, 0.2) is 18.2 Å². The first-order valence-electron chi connectivity index (χ1n) is 7.40. The summed E-state index contributed by atoms with van der Waals surface area (Å²) < 4.78 is 5.29. The van der Waals surface area contributed by atoms with Crippen LogP contribution >= 0.6 is 0 Å². The molecule has 2 N–H and O–H groups in total. The number of aliphatic hydroxyl groups excluding tert-OH is 2. The predicted octanol–water partition coefficient (Wildman–Crippen LogP) is 1.39. The highest BCUT2D eigenvalue weighted by Crippen LogP contribution is 2.21. The highest BCUT2D eigenvalue weighted by Gasteiger charge is 2.18. The van der Waals surface area contributed by atoms with E-state index >= 15 is 0 Å². The topological polar surface area (TPSA) is 52.9 Å². The molecule has 0 aliphatic carbocycles. The van der Waals surface area contributed by atoms with Crippen molar-refractivity contribution in [2.24, 2.45) is 0 Å². The molecule has 1 aromatic rings. The number of β-amino-alcohol motifs (C(OH)–C–C–N with tert-alkyl or cyclic N) is 1. The van der Waals surface area contributed by atoms with Gasteiger partial charge in [-0.3, -0.25) is 4.90 Å². The lowest BCUT2D eigenvalue weighted by Gasteiger charge is -2.30. The Labute approximate surface area is 126 Å². The summed E-state index contributed by atoms with van der Waals surface area (Å²) in [5.74, 6) is 6.89. The monoisotopic (exact) mass is 289 g/mol. The maximum absolute atomic E-state index is 9.78. The van der Waals surface area contributed by atoms with E-state index < -0.39 is 0 Å². The standard InChI is InChI=1S/C17H23NO3/c1-21-17-8-7-14(5-2-3-10-19)15(11-17)12-18-9-4-6-16(20)13-18/h7-8,11,16,19-20H,3-4,6,9-10,12-13H2,1H3. The molecule has 4 nitrogen and oxygen atoms in total. The Kier molecular flexibility index (Phi) is 6.06. The van der Waals surface area contributed by atoms with Crippen LogP contribution in [0.25, 0.3) is 0 Å². The van der Waals surface area contributed by atoms with Gasteiger partial charge in [-0.15, -0.1) is 0 Å². The number of hydrogen-bond donors (Lipinski definition) is 2. The molecular formula is C17H23NO3. The van der Waals surface area contributed by atoms with Crippen molar-refractivity contribution >= 4 is 0 Å².